The number of piperidine rings is 1. The number of rotatable bonds is 4. The smallest absolute Gasteiger partial charge is 0.312 e. The highest BCUT2D eigenvalue weighted by atomic mass is 19.1. The molecule has 1 fully saturated rings. The molecule has 7 nitrogen and oxygen atoms in total. The van der Waals surface area contributed by atoms with Gasteiger partial charge in [0, 0.05) is 24.7 Å². The lowest BCUT2D eigenvalue weighted by Crippen LogP contribution is -2.59. The summed E-state index contributed by atoms with van der Waals surface area (Å²) in [5.41, 5.74) is -1.31. The molecular formula is C17H17F2N3O4. The number of hydrogen-bond acceptors (Lipinski definition) is 5. The molecule has 0 radical (unpaired) electrons. The first kappa shape index (κ1) is 18.0. The Morgan fingerprint density at radius 1 is 1.38 bits per heavy atom. The van der Waals surface area contributed by atoms with E-state index < -0.39 is 35.0 Å². The second kappa shape index (κ2) is 6.83. The van der Waals surface area contributed by atoms with Crippen LogP contribution >= 0.6 is 0 Å². The second-order valence-corrected chi connectivity index (χ2v) is 6.41. The molecule has 3 N–H and O–H groups in total. The summed E-state index contributed by atoms with van der Waals surface area (Å²) in [6.45, 7) is 2.34. The fourth-order valence-corrected chi connectivity index (χ4v) is 2.92. The number of carbonyl (C=O) groups excluding carboxylic acids is 1. The third-order valence-electron chi connectivity index (χ3n) is 4.60. The lowest BCUT2D eigenvalue weighted by atomic mass is 9.78. The summed E-state index contributed by atoms with van der Waals surface area (Å²) in [6.07, 6.45) is 0.436. The normalized spacial score (nSPS) is 22.8. The summed E-state index contributed by atoms with van der Waals surface area (Å²) in [6, 6.07) is 3.57. The zero-order valence-electron chi connectivity index (χ0n) is 13.9. The molecule has 1 aromatic heterocycles. The predicted molar refractivity (Wildman–Crippen MR) is 86.3 cm³/mol. The van der Waals surface area contributed by atoms with Crippen LogP contribution in [0.4, 0.5) is 8.78 Å². The Bertz CT molecular complexity index is 854. The van der Waals surface area contributed by atoms with E-state index in [-0.39, 0.29) is 23.6 Å². The largest absolute Gasteiger partial charge is 0.481 e. The fourth-order valence-electron chi connectivity index (χ4n) is 2.92. The summed E-state index contributed by atoms with van der Waals surface area (Å²) in [4.78, 5) is 24.0. The van der Waals surface area contributed by atoms with Gasteiger partial charge in [0.1, 0.15) is 11.6 Å². The van der Waals surface area contributed by atoms with Gasteiger partial charge in [-0.15, -0.1) is 0 Å². The minimum absolute atomic E-state index is 0.0287. The Morgan fingerprint density at radius 3 is 2.85 bits per heavy atom. The maximum Gasteiger partial charge on any atom is 0.312 e. The predicted octanol–water partition coefficient (Wildman–Crippen LogP) is 1.80. The van der Waals surface area contributed by atoms with Crippen LogP contribution in [-0.4, -0.2) is 41.3 Å². The van der Waals surface area contributed by atoms with Gasteiger partial charge in [-0.25, -0.2) is 8.78 Å². The maximum atomic E-state index is 13.8. The average molecular weight is 365 g/mol. The summed E-state index contributed by atoms with van der Waals surface area (Å²) >= 11 is 0. The number of carboxylic acids is 1. The van der Waals surface area contributed by atoms with Crippen LogP contribution < -0.4 is 10.6 Å². The van der Waals surface area contributed by atoms with E-state index in [0.29, 0.717) is 19.0 Å². The Balaban J connectivity index is 1.79. The summed E-state index contributed by atoms with van der Waals surface area (Å²) in [5.74, 6) is -3.25. The highest BCUT2D eigenvalue weighted by molar-refractivity contribution is 5.93. The molecule has 2 heterocycles. The first-order valence-corrected chi connectivity index (χ1v) is 7.98. The second-order valence-electron chi connectivity index (χ2n) is 6.41. The van der Waals surface area contributed by atoms with Crippen LogP contribution in [0.25, 0.3) is 11.3 Å². The molecule has 1 amide bonds. The number of benzene rings is 1. The Labute approximate surface area is 147 Å². The number of aliphatic carboxylic acids is 1. The van der Waals surface area contributed by atoms with E-state index in [1.165, 1.54) is 12.1 Å². The molecule has 0 saturated carbocycles. The zero-order valence-corrected chi connectivity index (χ0v) is 13.9. The van der Waals surface area contributed by atoms with Crippen molar-refractivity contribution in [1.82, 2.24) is 15.8 Å². The molecule has 9 heteroatoms. The average Bonchev–Trinajstić information content (AvgIpc) is 3.06. The van der Waals surface area contributed by atoms with Crippen molar-refractivity contribution >= 4 is 11.9 Å². The lowest BCUT2D eigenvalue weighted by molar-refractivity contribution is -0.150. The molecule has 1 aliphatic heterocycles. The minimum atomic E-state index is -1.16. The molecule has 0 aliphatic carbocycles. The Morgan fingerprint density at radius 2 is 2.15 bits per heavy atom. The number of carbonyl (C=O) groups is 2. The number of nitrogens with zero attached hydrogens (tertiary/aromatic N) is 1. The number of aromatic nitrogens is 1. The quantitative estimate of drug-likeness (QED) is 0.763. The number of halogens is 2. The molecule has 2 aromatic rings. The first-order valence-electron chi connectivity index (χ1n) is 7.98. The molecular weight excluding hydrogens is 348 g/mol. The van der Waals surface area contributed by atoms with Gasteiger partial charge >= 0.3 is 5.97 Å². The molecule has 1 aliphatic rings. The number of amides is 1. The van der Waals surface area contributed by atoms with Gasteiger partial charge < -0.3 is 20.3 Å². The van der Waals surface area contributed by atoms with Crippen LogP contribution in [0.3, 0.4) is 0 Å². The first-order chi connectivity index (χ1) is 12.3. The summed E-state index contributed by atoms with van der Waals surface area (Å²) in [7, 11) is 0. The summed E-state index contributed by atoms with van der Waals surface area (Å²) in [5, 5.41) is 18.7. The number of hydrogen-bond donors (Lipinski definition) is 3. The highest BCUT2D eigenvalue weighted by Gasteiger charge is 2.44. The minimum Gasteiger partial charge on any atom is -0.481 e. The van der Waals surface area contributed by atoms with E-state index in [9.17, 15) is 23.5 Å². The monoisotopic (exact) mass is 365 g/mol. The molecule has 2 atom stereocenters. The van der Waals surface area contributed by atoms with E-state index in [0.717, 1.165) is 6.07 Å². The molecule has 1 saturated heterocycles. The third-order valence-corrected chi connectivity index (χ3v) is 4.60. The van der Waals surface area contributed by atoms with E-state index in [4.69, 9.17) is 4.52 Å². The van der Waals surface area contributed by atoms with Crippen LogP contribution in [0.2, 0.25) is 0 Å². The van der Waals surface area contributed by atoms with Crippen LogP contribution in [0, 0.1) is 17.0 Å². The van der Waals surface area contributed by atoms with Gasteiger partial charge in [0.05, 0.1) is 11.0 Å². The van der Waals surface area contributed by atoms with E-state index in [1.807, 2.05) is 0 Å². The van der Waals surface area contributed by atoms with Gasteiger partial charge in [-0.1, -0.05) is 5.16 Å². The van der Waals surface area contributed by atoms with Crippen molar-refractivity contribution in [1.29, 1.82) is 0 Å². The maximum absolute atomic E-state index is 13.8. The van der Waals surface area contributed by atoms with Crippen molar-refractivity contribution in [2.45, 2.75) is 19.4 Å². The fraction of sp³-hybridized carbons (Fsp3) is 0.353. The van der Waals surface area contributed by atoms with E-state index in [1.54, 1.807) is 6.92 Å². The van der Waals surface area contributed by atoms with E-state index >= 15 is 0 Å². The van der Waals surface area contributed by atoms with Gasteiger partial charge in [-0.3, -0.25) is 9.59 Å². The van der Waals surface area contributed by atoms with Crippen LogP contribution in [0.5, 0.6) is 0 Å². The van der Waals surface area contributed by atoms with Gasteiger partial charge in [0.15, 0.2) is 11.5 Å². The summed E-state index contributed by atoms with van der Waals surface area (Å²) < 4.78 is 31.8. The third kappa shape index (κ3) is 3.30. The van der Waals surface area contributed by atoms with E-state index in [2.05, 4.69) is 15.8 Å². The molecule has 0 unspecified atom stereocenters. The van der Waals surface area contributed by atoms with Gasteiger partial charge in [0.25, 0.3) is 5.91 Å². The van der Waals surface area contributed by atoms with Crippen molar-refractivity contribution < 1.29 is 28.0 Å². The van der Waals surface area contributed by atoms with Gasteiger partial charge in [0.2, 0.25) is 0 Å². The van der Waals surface area contributed by atoms with Gasteiger partial charge in [-0.2, -0.15) is 0 Å². The zero-order chi connectivity index (χ0) is 18.9. The Hall–Kier alpha value is -2.81. The molecule has 3 rings (SSSR count). The Kier molecular flexibility index (Phi) is 4.73. The molecule has 0 bridgehead atoms. The lowest BCUT2D eigenvalue weighted by Gasteiger charge is -2.38. The van der Waals surface area contributed by atoms with Crippen molar-refractivity contribution in [3.8, 4) is 11.3 Å². The van der Waals surface area contributed by atoms with Crippen molar-refractivity contribution in [3.63, 3.8) is 0 Å². The highest BCUT2D eigenvalue weighted by Crippen LogP contribution is 2.28. The topological polar surface area (TPSA) is 104 Å². The van der Waals surface area contributed by atoms with Crippen LogP contribution in [-0.2, 0) is 4.79 Å². The van der Waals surface area contributed by atoms with Crippen molar-refractivity contribution in [3.05, 3.63) is 41.6 Å². The van der Waals surface area contributed by atoms with Crippen molar-refractivity contribution in [2.24, 2.45) is 5.41 Å². The number of carboxylic acid groups (broad SMARTS) is 1. The number of nitrogens with one attached hydrogen (secondary N) is 2. The molecule has 138 valence electrons. The van der Waals surface area contributed by atoms with Gasteiger partial charge in [-0.05, 0) is 32.0 Å². The molecule has 1 aromatic carbocycles. The SMILES string of the molecule is C[C@@]1(C(=O)O)CNCC[C@H]1NC(=O)c1cc(-c2ccc(F)cc2F)on1. The van der Waals surface area contributed by atoms with Crippen LogP contribution in [0.1, 0.15) is 23.8 Å². The molecule has 26 heavy (non-hydrogen) atoms. The standard InChI is InChI=1S/C17H17F2N3O4/c1-17(16(24)25)8-20-5-4-14(17)21-15(23)12-7-13(26-22-12)10-3-2-9(18)6-11(10)19/h2-3,6-7,14,20H,4-5,8H2,1H3,(H,21,23)(H,24,25)/t14-,17-/m1/s1. The van der Waals surface area contributed by atoms with Crippen molar-refractivity contribution in [2.75, 3.05) is 13.1 Å². The molecule has 0 spiro atoms. The van der Waals surface area contributed by atoms with Crippen LogP contribution in [0.15, 0.2) is 28.8 Å².